The number of rotatable bonds is 4. The zero-order valence-corrected chi connectivity index (χ0v) is 13.9. The average molecular weight is 332 g/mol. The van der Waals surface area contributed by atoms with E-state index in [2.05, 4.69) is 40.4 Å². The predicted octanol–water partition coefficient (Wildman–Crippen LogP) is 4.63. The number of hydrogen-bond acceptors (Lipinski definition) is 1. The van der Waals surface area contributed by atoms with E-state index >= 15 is 0 Å². The maximum Gasteiger partial charge on any atom is 0.172 e. The fourth-order valence-electron chi connectivity index (χ4n) is 3.32. The molecule has 3 nitrogen and oxygen atoms in total. The van der Waals surface area contributed by atoms with Crippen LogP contribution in [0, 0.1) is 12.7 Å². The molecular weight excluding hydrogens is 313 g/mol. The first kappa shape index (κ1) is 15.4. The van der Waals surface area contributed by atoms with Gasteiger partial charge in [-0.15, -0.1) is 0 Å². The van der Waals surface area contributed by atoms with Gasteiger partial charge in [-0.3, -0.25) is 0 Å². The number of fused-ring (bicyclic) bond motifs is 1. The summed E-state index contributed by atoms with van der Waals surface area (Å²) in [5.74, 6) is -0.251. The Labute approximate surface area is 145 Å². The third kappa shape index (κ3) is 2.98. The lowest BCUT2D eigenvalue weighted by atomic mass is 9.97. The number of benzene rings is 2. The summed E-state index contributed by atoms with van der Waals surface area (Å²) in [7, 11) is 0. The van der Waals surface area contributed by atoms with Crippen LogP contribution in [0.5, 0.6) is 0 Å². The average Bonchev–Trinajstić information content (AvgIpc) is 2.96. The molecular formula is C21H19FN3+. The maximum absolute atomic E-state index is 13.6. The minimum absolute atomic E-state index is 0.101. The molecule has 0 radical (unpaired) electrons. The second-order valence-corrected chi connectivity index (χ2v) is 6.13. The number of nitrogens with one attached hydrogen (secondary N) is 3. The van der Waals surface area contributed by atoms with Gasteiger partial charge in [-0.05, 0) is 37.3 Å². The van der Waals surface area contributed by atoms with Crippen molar-refractivity contribution in [2.24, 2.45) is 0 Å². The summed E-state index contributed by atoms with van der Waals surface area (Å²) in [6.07, 6.45) is 3.85. The van der Waals surface area contributed by atoms with Gasteiger partial charge in [0.05, 0.1) is 6.04 Å². The molecule has 4 heteroatoms. The largest absolute Gasteiger partial charge is 0.374 e. The van der Waals surface area contributed by atoms with E-state index in [0.717, 1.165) is 27.8 Å². The summed E-state index contributed by atoms with van der Waals surface area (Å²) >= 11 is 0. The molecule has 0 saturated heterocycles. The molecule has 124 valence electrons. The van der Waals surface area contributed by atoms with Crippen molar-refractivity contribution < 1.29 is 9.37 Å². The standard InChI is InChI=1S/C21H18FN3/c1-14-20(18-9-2-3-10-19(18)24-14)21(15-6-5-11-23-13-15)25-17-8-4-7-16(22)12-17/h2-13,21,24-25H,1H3/p+1. The highest BCUT2D eigenvalue weighted by Crippen LogP contribution is 2.34. The molecule has 2 aromatic carbocycles. The SMILES string of the molecule is Cc1[nH]c2ccccc2c1C(Nc1cccc(F)c1)c1ccc[nH+]c1. The smallest absolute Gasteiger partial charge is 0.172 e. The first-order chi connectivity index (χ1) is 12.2. The number of aryl methyl sites for hydroxylation is 1. The zero-order valence-electron chi connectivity index (χ0n) is 13.9. The summed E-state index contributed by atoms with van der Waals surface area (Å²) in [6, 6.07) is 18.7. The van der Waals surface area contributed by atoms with Gasteiger partial charge in [-0.2, -0.15) is 0 Å². The van der Waals surface area contributed by atoms with Crippen LogP contribution in [-0.2, 0) is 0 Å². The van der Waals surface area contributed by atoms with Gasteiger partial charge in [-0.25, -0.2) is 9.37 Å². The molecule has 4 aromatic rings. The van der Waals surface area contributed by atoms with Gasteiger partial charge in [0, 0.05) is 39.5 Å². The fraction of sp³-hybridized carbons (Fsp3) is 0.0952. The van der Waals surface area contributed by atoms with Crippen molar-refractivity contribution in [2.45, 2.75) is 13.0 Å². The lowest BCUT2D eigenvalue weighted by molar-refractivity contribution is -0.378. The van der Waals surface area contributed by atoms with Crippen LogP contribution in [0.15, 0.2) is 73.1 Å². The Morgan fingerprint density at radius 3 is 2.72 bits per heavy atom. The Morgan fingerprint density at radius 1 is 1.04 bits per heavy atom. The van der Waals surface area contributed by atoms with E-state index in [0.29, 0.717) is 0 Å². The highest BCUT2D eigenvalue weighted by molar-refractivity contribution is 5.86. The van der Waals surface area contributed by atoms with Crippen LogP contribution >= 0.6 is 0 Å². The molecule has 0 fully saturated rings. The fourth-order valence-corrected chi connectivity index (χ4v) is 3.32. The van der Waals surface area contributed by atoms with E-state index in [1.54, 1.807) is 6.07 Å². The summed E-state index contributed by atoms with van der Waals surface area (Å²) < 4.78 is 13.6. The molecule has 3 N–H and O–H groups in total. The van der Waals surface area contributed by atoms with E-state index in [9.17, 15) is 4.39 Å². The second-order valence-electron chi connectivity index (χ2n) is 6.13. The lowest BCUT2D eigenvalue weighted by Gasteiger charge is -2.20. The van der Waals surface area contributed by atoms with Crippen LogP contribution in [0.4, 0.5) is 10.1 Å². The van der Waals surface area contributed by atoms with Gasteiger partial charge in [0.2, 0.25) is 0 Å². The number of aromatic nitrogens is 2. The Morgan fingerprint density at radius 2 is 1.92 bits per heavy atom. The van der Waals surface area contributed by atoms with Crippen molar-refractivity contribution in [3.63, 3.8) is 0 Å². The van der Waals surface area contributed by atoms with E-state index in [-0.39, 0.29) is 11.9 Å². The molecule has 0 aliphatic carbocycles. The molecule has 0 saturated carbocycles. The Balaban J connectivity index is 1.87. The van der Waals surface area contributed by atoms with Crippen molar-refractivity contribution in [3.05, 3.63) is 95.7 Å². The molecule has 1 atom stereocenters. The number of H-pyrrole nitrogens is 2. The highest BCUT2D eigenvalue weighted by atomic mass is 19.1. The van der Waals surface area contributed by atoms with Crippen molar-refractivity contribution in [3.8, 4) is 0 Å². The van der Waals surface area contributed by atoms with Gasteiger partial charge in [-0.1, -0.05) is 24.3 Å². The molecule has 2 aromatic heterocycles. The Bertz CT molecular complexity index is 1010. The molecule has 0 amide bonds. The molecule has 0 spiro atoms. The number of para-hydroxylation sites is 1. The van der Waals surface area contributed by atoms with Gasteiger partial charge in [0.15, 0.2) is 12.4 Å². The number of anilines is 1. The molecule has 0 bridgehead atoms. The van der Waals surface area contributed by atoms with E-state index < -0.39 is 0 Å². The van der Waals surface area contributed by atoms with Crippen LogP contribution in [0.3, 0.4) is 0 Å². The number of pyridine rings is 1. The second kappa shape index (κ2) is 6.40. The van der Waals surface area contributed by atoms with Crippen molar-refractivity contribution in [1.82, 2.24) is 4.98 Å². The number of hydrogen-bond donors (Lipinski definition) is 2. The van der Waals surface area contributed by atoms with Gasteiger partial charge >= 0.3 is 0 Å². The van der Waals surface area contributed by atoms with E-state index in [4.69, 9.17) is 0 Å². The van der Waals surface area contributed by atoms with Crippen LogP contribution in [-0.4, -0.2) is 4.98 Å². The zero-order chi connectivity index (χ0) is 17.2. The van der Waals surface area contributed by atoms with Crippen LogP contribution in [0.25, 0.3) is 10.9 Å². The minimum atomic E-state index is -0.251. The van der Waals surface area contributed by atoms with E-state index in [1.807, 2.05) is 36.7 Å². The van der Waals surface area contributed by atoms with Gasteiger partial charge in [0.25, 0.3) is 0 Å². The summed E-state index contributed by atoms with van der Waals surface area (Å²) in [4.78, 5) is 6.59. The summed E-state index contributed by atoms with van der Waals surface area (Å²) in [6.45, 7) is 2.07. The molecule has 2 heterocycles. The molecule has 1 unspecified atom stereocenters. The highest BCUT2D eigenvalue weighted by Gasteiger charge is 2.22. The molecule has 25 heavy (non-hydrogen) atoms. The maximum atomic E-state index is 13.6. The third-order valence-electron chi connectivity index (χ3n) is 4.43. The third-order valence-corrected chi connectivity index (χ3v) is 4.43. The molecule has 0 aliphatic rings. The first-order valence-corrected chi connectivity index (χ1v) is 8.28. The topological polar surface area (TPSA) is 42.0 Å². The quantitative estimate of drug-likeness (QED) is 0.562. The van der Waals surface area contributed by atoms with E-state index in [1.165, 1.54) is 17.7 Å². The minimum Gasteiger partial charge on any atom is -0.374 e. The van der Waals surface area contributed by atoms with Crippen LogP contribution < -0.4 is 10.3 Å². The molecule has 4 rings (SSSR count). The van der Waals surface area contributed by atoms with Crippen LogP contribution in [0.1, 0.15) is 22.9 Å². The summed E-state index contributed by atoms with van der Waals surface area (Å²) in [5, 5.41) is 4.66. The Kier molecular flexibility index (Phi) is 3.94. The van der Waals surface area contributed by atoms with Crippen molar-refractivity contribution >= 4 is 16.6 Å². The monoisotopic (exact) mass is 332 g/mol. The predicted molar refractivity (Wildman–Crippen MR) is 97.9 cm³/mol. The van der Waals surface area contributed by atoms with Crippen LogP contribution in [0.2, 0.25) is 0 Å². The van der Waals surface area contributed by atoms with Gasteiger partial charge < -0.3 is 10.3 Å². The number of aromatic amines is 2. The Hall–Kier alpha value is -3.14. The number of halogens is 1. The van der Waals surface area contributed by atoms with Crippen molar-refractivity contribution in [1.29, 1.82) is 0 Å². The van der Waals surface area contributed by atoms with Gasteiger partial charge in [0.1, 0.15) is 5.82 Å². The summed E-state index contributed by atoms with van der Waals surface area (Å²) in [5.41, 5.74) is 5.19. The molecule has 0 aliphatic heterocycles. The first-order valence-electron chi connectivity index (χ1n) is 8.28. The normalized spacial score (nSPS) is 12.2. The lowest BCUT2D eigenvalue weighted by Crippen LogP contribution is -2.16. The van der Waals surface area contributed by atoms with Crippen molar-refractivity contribution in [2.75, 3.05) is 5.32 Å².